The van der Waals surface area contributed by atoms with E-state index in [-0.39, 0.29) is 5.56 Å². The summed E-state index contributed by atoms with van der Waals surface area (Å²) in [6, 6.07) is 9.47. The number of rotatable bonds is 3. The Hall–Kier alpha value is -2.87. The lowest BCUT2D eigenvalue weighted by Gasteiger charge is -2.09. The molecule has 0 spiro atoms. The first-order valence-electron chi connectivity index (χ1n) is 7.26. The molecule has 9 heteroatoms. The second-order valence-corrected chi connectivity index (χ2v) is 5.56. The summed E-state index contributed by atoms with van der Waals surface area (Å²) >= 11 is 5.91. The van der Waals surface area contributed by atoms with Crippen molar-refractivity contribution in [2.45, 2.75) is 13.1 Å². The van der Waals surface area contributed by atoms with Crippen LogP contribution in [-0.4, -0.2) is 18.0 Å². The highest BCUT2D eigenvalue weighted by molar-refractivity contribution is 6.40. The van der Waals surface area contributed by atoms with Gasteiger partial charge in [-0.15, -0.1) is 0 Å². The number of anilines is 1. The summed E-state index contributed by atoms with van der Waals surface area (Å²) in [4.78, 5) is 23.5. The van der Waals surface area contributed by atoms with Gasteiger partial charge in [0.2, 0.25) is 0 Å². The van der Waals surface area contributed by atoms with Crippen molar-refractivity contribution >= 4 is 35.3 Å². The van der Waals surface area contributed by atoms with Crippen LogP contribution in [0.4, 0.5) is 18.9 Å². The monoisotopic (exact) mass is 383 g/mol. The molecular formula is C17H13ClF3N3O2. The fourth-order valence-corrected chi connectivity index (χ4v) is 2.18. The summed E-state index contributed by atoms with van der Waals surface area (Å²) in [5.41, 5.74) is 1.64. The van der Waals surface area contributed by atoms with Crippen molar-refractivity contribution in [1.29, 1.82) is 0 Å². The van der Waals surface area contributed by atoms with Crippen molar-refractivity contribution in [2.75, 3.05) is 5.32 Å². The zero-order chi connectivity index (χ0) is 19.3. The van der Waals surface area contributed by atoms with Crippen molar-refractivity contribution in [2.24, 2.45) is 5.10 Å². The van der Waals surface area contributed by atoms with Gasteiger partial charge in [0, 0.05) is 16.3 Å². The summed E-state index contributed by atoms with van der Waals surface area (Å²) < 4.78 is 38.6. The van der Waals surface area contributed by atoms with Crippen LogP contribution in [0.3, 0.4) is 0 Å². The number of carbonyl (C=O) groups is 2. The molecule has 0 unspecified atom stereocenters. The fraction of sp³-hybridized carbons (Fsp3) is 0.118. The summed E-state index contributed by atoms with van der Waals surface area (Å²) in [5, 5.41) is 6.16. The topological polar surface area (TPSA) is 70.6 Å². The molecule has 0 radical (unpaired) electrons. The van der Waals surface area contributed by atoms with Gasteiger partial charge in [0.05, 0.1) is 11.8 Å². The third kappa shape index (κ3) is 4.82. The Morgan fingerprint density at radius 1 is 1.08 bits per heavy atom. The van der Waals surface area contributed by atoms with Crippen LogP contribution in [0.25, 0.3) is 0 Å². The molecule has 0 aromatic heterocycles. The zero-order valence-corrected chi connectivity index (χ0v) is 14.2. The lowest BCUT2D eigenvalue weighted by molar-refractivity contribution is -0.137. The molecular weight excluding hydrogens is 371 g/mol. The quantitative estimate of drug-likeness (QED) is 0.481. The molecule has 0 saturated heterocycles. The predicted molar refractivity (Wildman–Crippen MR) is 92.0 cm³/mol. The number of nitrogens with zero attached hydrogens (tertiary/aromatic N) is 1. The Kier molecular flexibility index (Phi) is 5.99. The number of hydrazone groups is 1. The average Bonchev–Trinajstić information content (AvgIpc) is 2.58. The molecule has 136 valence electrons. The first kappa shape index (κ1) is 19.5. The molecule has 2 amide bonds. The van der Waals surface area contributed by atoms with E-state index in [2.05, 4.69) is 10.4 Å². The minimum Gasteiger partial charge on any atom is -0.317 e. The van der Waals surface area contributed by atoms with Crippen LogP contribution >= 0.6 is 11.6 Å². The van der Waals surface area contributed by atoms with E-state index in [0.717, 1.165) is 12.3 Å². The van der Waals surface area contributed by atoms with Crippen LogP contribution in [0.2, 0.25) is 5.02 Å². The van der Waals surface area contributed by atoms with E-state index in [1.807, 2.05) is 5.43 Å². The SMILES string of the molecule is Cc1c(Cl)cccc1NC(=O)C(=O)NN=Cc1ccccc1C(F)(F)F. The Morgan fingerprint density at radius 3 is 2.46 bits per heavy atom. The number of halogens is 4. The van der Waals surface area contributed by atoms with Crippen LogP contribution in [0.1, 0.15) is 16.7 Å². The van der Waals surface area contributed by atoms with Crippen LogP contribution in [0.15, 0.2) is 47.6 Å². The van der Waals surface area contributed by atoms with E-state index in [1.54, 1.807) is 25.1 Å². The highest BCUT2D eigenvalue weighted by Crippen LogP contribution is 2.31. The van der Waals surface area contributed by atoms with E-state index < -0.39 is 23.6 Å². The van der Waals surface area contributed by atoms with Gasteiger partial charge in [-0.2, -0.15) is 18.3 Å². The molecule has 2 N–H and O–H groups in total. The second-order valence-electron chi connectivity index (χ2n) is 5.15. The van der Waals surface area contributed by atoms with Crippen molar-refractivity contribution in [3.63, 3.8) is 0 Å². The number of carbonyl (C=O) groups excluding carboxylic acids is 2. The molecule has 2 rings (SSSR count). The maximum atomic E-state index is 12.9. The molecule has 0 fully saturated rings. The maximum absolute atomic E-state index is 12.9. The molecule has 0 atom stereocenters. The van der Waals surface area contributed by atoms with Gasteiger partial charge in [-0.3, -0.25) is 9.59 Å². The summed E-state index contributed by atoms with van der Waals surface area (Å²) in [6.07, 6.45) is -3.74. The maximum Gasteiger partial charge on any atom is 0.417 e. The molecule has 0 aliphatic carbocycles. The molecule has 2 aromatic rings. The molecule has 2 aromatic carbocycles. The van der Waals surface area contributed by atoms with E-state index in [4.69, 9.17) is 11.6 Å². The Bertz CT molecular complexity index is 867. The van der Waals surface area contributed by atoms with E-state index >= 15 is 0 Å². The molecule has 26 heavy (non-hydrogen) atoms. The summed E-state index contributed by atoms with van der Waals surface area (Å²) in [7, 11) is 0. The fourth-order valence-electron chi connectivity index (χ4n) is 2.00. The first-order chi connectivity index (χ1) is 12.2. The van der Waals surface area contributed by atoms with E-state index in [9.17, 15) is 22.8 Å². The summed E-state index contributed by atoms with van der Waals surface area (Å²) in [5.74, 6) is -2.17. The number of alkyl halides is 3. The molecule has 0 heterocycles. The number of amides is 2. The Morgan fingerprint density at radius 2 is 1.77 bits per heavy atom. The number of benzene rings is 2. The molecule has 0 saturated carbocycles. The van der Waals surface area contributed by atoms with Crippen molar-refractivity contribution in [3.05, 3.63) is 64.2 Å². The van der Waals surface area contributed by atoms with Crippen LogP contribution in [0, 0.1) is 6.92 Å². The Labute approximate surface area is 151 Å². The third-order valence-corrected chi connectivity index (χ3v) is 3.77. The van der Waals surface area contributed by atoms with E-state index in [0.29, 0.717) is 16.3 Å². The van der Waals surface area contributed by atoms with E-state index in [1.165, 1.54) is 18.2 Å². The zero-order valence-electron chi connectivity index (χ0n) is 13.4. The smallest absolute Gasteiger partial charge is 0.317 e. The minimum absolute atomic E-state index is 0.244. The highest BCUT2D eigenvalue weighted by atomic mass is 35.5. The first-order valence-corrected chi connectivity index (χ1v) is 7.63. The molecule has 0 aliphatic heterocycles. The van der Waals surface area contributed by atoms with Crippen molar-refractivity contribution in [3.8, 4) is 0 Å². The van der Waals surface area contributed by atoms with Gasteiger partial charge >= 0.3 is 18.0 Å². The second kappa shape index (κ2) is 8.01. The normalized spacial score (nSPS) is 11.4. The van der Waals surface area contributed by atoms with Gasteiger partial charge in [0.1, 0.15) is 0 Å². The van der Waals surface area contributed by atoms with Crippen molar-refractivity contribution in [1.82, 2.24) is 5.43 Å². The van der Waals surface area contributed by atoms with Gasteiger partial charge in [-0.25, -0.2) is 5.43 Å². The van der Waals surface area contributed by atoms with Crippen LogP contribution in [-0.2, 0) is 15.8 Å². The third-order valence-electron chi connectivity index (χ3n) is 3.36. The van der Waals surface area contributed by atoms with Crippen LogP contribution < -0.4 is 10.7 Å². The lowest BCUT2D eigenvalue weighted by Crippen LogP contribution is -2.32. The largest absolute Gasteiger partial charge is 0.417 e. The number of hydrogen-bond acceptors (Lipinski definition) is 3. The predicted octanol–water partition coefficient (Wildman–Crippen LogP) is 3.76. The van der Waals surface area contributed by atoms with Gasteiger partial charge in [0.15, 0.2) is 0 Å². The summed E-state index contributed by atoms with van der Waals surface area (Å²) in [6.45, 7) is 1.65. The number of hydrogen-bond donors (Lipinski definition) is 2. The molecule has 0 aliphatic rings. The minimum atomic E-state index is -4.56. The van der Waals surface area contributed by atoms with Gasteiger partial charge in [-0.05, 0) is 30.7 Å². The van der Waals surface area contributed by atoms with Gasteiger partial charge < -0.3 is 5.32 Å². The standard InChI is InChI=1S/C17H13ClF3N3O2/c1-10-13(18)7-4-8-14(10)23-15(25)16(26)24-22-9-11-5-2-3-6-12(11)17(19,20)21/h2-9H,1H3,(H,23,25)(H,24,26). The average molecular weight is 384 g/mol. The highest BCUT2D eigenvalue weighted by Gasteiger charge is 2.32. The van der Waals surface area contributed by atoms with Gasteiger partial charge in [-0.1, -0.05) is 35.9 Å². The van der Waals surface area contributed by atoms with Crippen LogP contribution in [0.5, 0.6) is 0 Å². The molecule has 5 nitrogen and oxygen atoms in total. The number of nitrogens with one attached hydrogen (secondary N) is 2. The van der Waals surface area contributed by atoms with Gasteiger partial charge in [0.25, 0.3) is 0 Å². The lowest BCUT2D eigenvalue weighted by atomic mass is 10.1. The molecule has 0 bridgehead atoms. The Balaban J connectivity index is 2.04. The van der Waals surface area contributed by atoms with Crippen molar-refractivity contribution < 1.29 is 22.8 Å².